The second kappa shape index (κ2) is 4.50. The van der Waals surface area contributed by atoms with Crippen LogP contribution < -0.4 is 0 Å². The predicted molar refractivity (Wildman–Crippen MR) is 86.9 cm³/mol. The molecule has 4 aromatic rings. The minimum atomic E-state index is 0.932. The van der Waals surface area contributed by atoms with Crippen molar-refractivity contribution in [3.63, 3.8) is 0 Å². The number of rotatable bonds is 1. The third-order valence-corrected chi connectivity index (χ3v) is 4.26. The Kier molecular flexibility index (Phi) is 2.64. The van der Waals surface area contributed by atoms with E-state index in [4.69, 9.17) is 4.42 Å². The summed E-state index contributed by atoms with van der Waals surface area (Å²) in [4.78, 5) is 0. The molecule has 96 valence electrons. The van der Waals surface area contributed by atoms with Gasteiger partial charge in [-0.05, 0) is 17.7 Å². The average molecular weight is 323 g/mol. The van der Waals surface area contributed by atoms with Crippen LogP contribution in [0.1, 0.15) is 0 Å². The maximum absolute atomic E-state index is 6.07. The number of fused-ring (bicyclic) bond motifs is 3. The Morgan fingerprint density at radius 2 is 1.35 bits per heavy atom. The molecule has 0 aliphatic carbocycles. The zero-order chi connectivity index (χ0) is 13.5. The van der Waals surface area contributed by atoms with Gasteiger partial charge in [0.05, 0.1) is 0 Å². The Hall–Kier alpha value is -2.06. The van der Waals surface area contributed by atoms with Crippen LogP contribution >= 0.6 is 15.9 Å². The summed E-state index contributed by atoms with van der Waals surface area (Å²) < 4.78 is 7.15. The van der Waals surface area contributed by atoms with Crippen LogP contribution in [0.5, 0.6) is 0 Å². The molecule has 1 heterocycles. The van der Waals surface area contributed by atoms with E-state index in [0.29, 0.717) is 0 Å². The smallest absolute Gasteiger partial charge is 0.143 e. The first-order valence-electron chi connectivity index (χ1n) is 6.50. The minimum Gasteiger partial charge on any atom is -0.455 e. The lowest BCUT2D eigenvalue weighted by molar-refractivity contribution is 0.670. The van der Waals surface area contributed by atoms with Gasteiger partial charge >= 0.3 is 0 Å². The number of hydrogen-bond acceptors (Lipinski definition) is 1. The Bertz CT molecular complexity index is 921. The fraction of sp³-hybridized carbons (Fsp3) is 0. The minimum absolute atomic E-state index is 0.932. The van der Waals surface area contributed by atoms with Crippen LogP contribution in [0.15, 0.2) is 75.6 Å². The molecule has 0 N–H and O–H groups in total. The van der Waals surface area contributed by atoms with Crippen molar-refractivity contribution in [1.29, 1.82) is 0 Å². The van der Waals surface area contributed by atoms with Crippen molar-refractivity contribution in [3.05, 3.63) is 71.2 Å². The molecule has 1 aromatic heterocycles. The quantitative estimate of drug-likeness (QED) is 0.418. The number of halogens is 1. The van der Waals surface area contributed by atoms with Crippen LogP contribution in [0.2, 0.25) is 0 Å². The van der Waals surface area contributed by atoms with E-state index in [-0.39, 0.29) is 0 Å². The van der Waals surface area contributed by atoms with Crippen molar-refractivity contribution in [2.24, 2.45) is 0 Å². The molecule has 0 aliphatic heterocycles. The van der Waals surface area contributed by atoms with E-state index in [1.165, 1.54) is 0 Å². The third-order valence-electron chi connectivity index (χ3n) is 3.57. The molecule has 0 amide bonds. The van der Waals surface area contributed by atoms with Gasteiger partial charge in [0, 0.05) is 20.8 Å². The van der Waals surface area contributed by atoms with Crippen molar-refractivity contribution < 1.29 is 4.42 Å². The van der Waals surface area contributed by atoms with Gasteiger partial charge in [0.2, 0.25) is 0 Å². The molecule has 4 rings (SSSR count). The third kappa shape index (κ3) is 1.69. The zero-order valence-corrected chi connectivity index (χ0v) is 12.2. The topological polar surface area (TPSA) is 13.1 Å². The van der Waals surface area contributed by atoms with Crippen molar-refractivity contribution in [1.82, 2.24) is 0 Å². The van der Waals surface area contributed by atoms with Gasteiger partial charge in [-0.15, -0.1) is 0 Å². The Balaban J connectivity index is 2.13. The van der Waals surface area contributed by atoms with Crippen molar-refractivity contribution in [2.75, 3.05) is 0 Å². The fourth-order valence-corrected chi connectivity index (χ4v) is 3.14. The summed E-state index contributed by atoms with van der Waals surface area (Å²) in [7, 11) is 0. The van der Waals surface area contributed by atoms with Crippen LogP contribution in [-0.2, 0) is 0 Å². The Morgan fingerprint density at radius 1 is 0.650 bits per heavy atom. The Labute approximate surface area is 125 Å². The first-order chi connectivity index (χ1) is 9.84. The van der Waals surface area contributed by atoms with Gasteiger partial charge in [-0.25, -0.2) is 0 Å². The highest BCUT2D eigenvalue weighted by molar-refractivity contribution is 9.10. The molecular formula is C18H11BrO. The molecule has 0 unspecified atom stereocenters. The standard InChI is InChI=1S/C18H11BrO/c19-16-10-3-1-6-12(16)14-8-5-9-15-13-7-2-4-11-17(13)20-18(14)15/h1-11H. The first-order valence-corrected chi connectivity index (χ1v) is 7.29. The summed E-state index contributed by atoms with van der Waals surface area (Å²) in [6.07, 6.45) is 0. The Morgan fingerprint density at radius 3 is 2.25 bits per heavy atom. The number of furan rings is 1. The van der Waals surface area contributed by atoms with Crippen LogP contribution in [0, 0.1) is 0 Å². The maximum atomic E-state index is 6.07. The number of hydrogen-bond donors (Lipinski definition) is 0. The molecule has 0 spiro atoms. The summed E-state index contributed by atoms with van der Waals surface area (Å²) in [5, 5.41) is 2.32. The summed E-state index contributed by atoms with van der Waals surface area (Å²) in [5.74, 6) is 0. The molecule has 0 atom stereocenters. The molecule has 0 fully saturated rings. The molecule has 2 heteroatoms. The highest BCUT2D eigenvalue weighted by atomic mass is 79.9. The second-order valence-corrected chi connectivity index (χ2v) is 5.61. The van der Waals surface area contributed by atoms with E-state index >= 15 is 0 Å². The number of para-hydroxylation sites is 2. The highest BCUT2D eigenvalue weighted by Crippen LogP contribution is 2.37. The SMILES string of the molecule is Brc1ccccc1-c1cccc2c1oc1ccccc12. The van der Waals surface area contributed by atoms with Crippen LogP contribution in [0.25, 0.3) is 33.1 Å². The van der Waals surface area contributed by atoms with E-state index in [1.54, 1.807) is 0 Å². The molecule has 0 saturated heterocycles. The van der Waals surface area contributed by atoms with E-state index < -0.39 is 0 Å². The molecule has 0 saturated carbocycles. The van der Waals surface area contributed by atoms with Gasteiger partial charge in [0.1, 0.15) is 11.2 Å². The van der Waals surface area contributed by atoms with Crippen molar-refractivity contribution in [3.8, 4) is 11.1 Å². The number of benzene rings is 3. The first kappa shape index (κ1) is 11.7. The highest BCUT2D eigenvalue weighted by Gasteiger charge is 2.12. The van der Waals surface area contributed by atoms with E-state index in [0.717, 1.165) is 37.5 Å². The normalized spacial score (nSPS) is 11.2. The molecule has 3 aromatic carbocycles. The predicted octanol–water partition coefficient (Wildman–Crippen LogP) is 6.02. The van der Waals surface area contributed by atoms with E-state index in [9.17, 15) is 0 Å². The van der Waals surface area contributed by atoms with Crippen LogP contribution in [0.3, 0.4) is 0 Å². The van der Waals surface area contributed by atoms with Crippen LogP contribution in [-0.4, -0.2) is 0 Å². The summed E-state index contributed by atoms with van der Waals surface area (Å²) in [6, 6.07) is 22.7. The van der Waals surface area contributed by atoms with Gasteiger partial charge in [0.25, 0.3) is 0 Å². The van der Waals surface area contributed by atoms with Gasteiger partial charge in [-0.2, -0.15) is 0 Å². The van der Waals surface area contributed by atoms with Gasteiger partial charge in [-0.3, -0.25) is 0 Å². The molecule has 0 aliphatic rings. The lowest BCUT2D eigenvalue weighted by atomic mass is 10.0. The summed E-state index contributed by atoms with van der Waals surface area (Å²) in [6.45, 7) is 0. The molecule has 0 radical (unpaired) electrons. The maximum Gasteiger partial charge on any atom is 0.143 e. The van der Waals surface area contributed by atoms with E-state index in [1.807, 2.05) is 30.3 Å². The average Bonchev–Trinajstić information content (AvgIpc) is 2.86. The van der Waals surface area contributed by atoms with Crippen LogP contribution in [0.4, 0.5) is 0 Å². The zero-order valence-electron chi connectivity index (χ0n) is 10.6. The molecule has 1 nitrogen and oxygen atoms in total. The van der Waals surface area contributed by atoms with E-state index in [2.05, 4.69) is 52.3 Å². The van der Waals surface area contributed by atoms with Gasteiger partial charge in [-0.1, -0.05) is 70.5 Å². The molecule has 20 heavy (non-hydrogen) atoms. The molecule has 0 bridgehead atoms. The molecular weight excluding hydrogens is 312 g/mol. The van der Waals surface area contributed by atoms with Gasteiger partial charge in [0.15, 0.2) is 0 Å². The monoisotopic (exact) mass is 322 g/mol. The van der Waals surface area contributed by atoms with Gasteiger partial charge < -0.3 is 4.42 Å². The summed E-state index contributed by atoms with van der Waals surface area (Å²) >= 11 is 3.62. The lowest BCUT2D eigenvalue weighted by Gasteiger charge is -2.04. The largest absolute Gasteiger partial charge is 0.455 e. The van der Waals surface area contributed by atoms with Crippen molar-refractivity contribution >= 4 is 37.9 Å². The van der Waals surface area contributed by atoms with Crippen molar-refractivity contribution in [2.45, 2.75) is 0 Å². The summed E-state index contributed by atoms with van der Waals surface area (Å²) in [5.41, 5.74) is 4.14. The second-order valence-electron chi connectivity index (χ2n) is 4.76. The fourth-order valence-electron chi connectivity index (χ4n) is 2.64. The lowest BCUT2D eigenvalue weighted by Crippen LogP contribution is -1.80.